The third-order valence-electron chi connectivity index (χ3n) is 5.65. The number of hydrogen-bond donors (Lipinski definition) is 3. The van der Waals surface area contributed by atoms with Gasteiger partial charge in [0.1, 0.15) is 23.7 Å². The van der Waals surface area contributed by atoms with Gasteiger partial charge in [0.15, 0.2) is 11.5 Å². The molecule has 2 heterocycles. The number of aromatic nitrogens is 4. The summed E-state index contributed by atoms with van der Waals surface area (Å²) in [5.74, 6) is -0.359. The molecule has 1 aromatic carbocycles. The SMILES string of the molecule is CC.CCCOC(=O)C(C)(C)NP(=O)(COC(C)Cn1cnc2c(N)ncnc21)NCc1ccc(C(F)(F)F)cc1. The van der Waals surface area contributed by atoms with Gasteiger partial charge in [-0.1, -0.05) is 32.9 Å². The van der Waals surface area contributed by atoms with E-state index in [4.69, 9.17) is 15.2 Å². The van der Waals surface area contributed by atoms with Gasteiger partial charge in [0, 0.05) is 6.54 Å². The molecule has 0 radical (unpaired) electrons. The lowest BCUT2D eigenvalue weighted by Crippen LogP contribution is -2.48. The fourth-order valence-corrected chi connectivity index (χ4v) is 5.75. The molecule has 15 heteroatoms. The summed E-state index contributed by atoms with van der Waals surface area (Å²) >= 11 is 0. The third-order valence-corrected chi connectivity index (χ3v) is 7.75. The molecule has 228 valence electrons. The number of hydrogen-bond acceptors (Lipinski definition) is 8. The monoisotopic (exact) mass is 601 g/mol. The van der Waals surface area contributed by atoms with Crippen molar-refractivity contribution in [2.24, 2.45) is 0 Å². The molecule has 0 saturated carbocycles. The summed E-state index contributed by atoms with van der Waals surface area (Å²) in [6.45, 7) is 11.1. The molecule has 0 aliphatic carbocycles. The van der Waals surface area contributed by atoms with Crippen LogP contribution in [0.15, 0.2) is 36.9 Å². The number of carbonyl (C=O) groups excluding carboxylic acids is 1. The number of anilines is 1. The Kier molecular flexibility index (Phi) is 12.3. The lowest BCUT2D eigenvalue weighted by atomic mass is 10.1. The molecule has 41 heavy (non-hydrogen) atoms. The van der Waals surface area contributed by atoms with Crippen molar-refractivity contribution >= 4 is 30.4 Å². The first-order chi connectivity index (χ1) is 19.2. The number of imidazole rings is 1. The fourth-order valence-electron chi connectivity index (χ4n) is 3.61. The maximum Gasteiger partial charge on any atom is 0.416 e. The summed E-state index contributed by atoms with van der Waals surface area (Å²) in [7, 11) is -3.65. The largest absolute Gasteiger partial charge is 0.464 e. The molecule has 0 spiro atoms. The maximum absolute atomic E-state index is 14.0. The number of esters is 1. The van der Waals surface area contributed by atoms with Crippen molar-refractivity contribution in [3.05, 3.63) is 48.0 Å². The predicted octanol–water partition coefficient (Wildman–Crippen LogP) is 5.12. The second-order valence-corrected chi connectivity index (χ2v) is 11.9. The minimum Gasteiger partial charge on any atom is -0.464 e. The lowest BCUT2D eigenvalue weighted by Gasteiger charge is -2.31. The van der Waals surface area contributed by atoms with Crippen LogP contribution in [0.4, 0.5) is 19.0 Å². The summed E-state index contributed by atoms with van der Waals surface area (Å²) in [4.78, 5) is 24.9. The van der Waals surface area contributed by atoms with Crippen molar-refractivity contribution in [1.82, 2.24) is 29.7 Å². The average molecular weight is 602 g/mol. The van der Waals surface area contributed by atoms with Crippen LogP contribution in [0.5, 0.6) is 0 Å². The smallest absolute Gasteiger partial charge is 0.416 e. The summed E-state index contributed by atoms with van der Waals surface area (Å²) in [5, 5.41) is 5.71. The van der Waals surface area contributed by atoms with Gasteiger partial charge in [-0.3, -0.25) is 9.36 Å². The highest BCUT2D eigenvalue weighted by Gasteiger charge is 2.37. The molecular weight excluding hydrogens is 562 g/mol. The van der Waals surface area contributed by atoms with Crippen molar-refractivity contribution in [2.45, 2.75) is 78.9 Å². The second-order valence-electron chi connectivity index (χ2n) is 9.58. The van der Waals surface area contributed by atoms with Crippen LogP contribution >= 0.6 is 7.44 Å². The molecule has 3 rings (SSSR count). The minimum absolute atomic E-state index is 0.0391. The number of nitrogen functional groups attached to an aromatic ring is 1. The first-order valence-corrected chi connectivity index (χ1v) is 15.1. The zero-order valence-electron chi connectivity index (χ0n) is 24.2. The molecule has 0 bridgehead atoms. The van der Waals surface area contributed by atoms with E-state index in [1.807, 2.05) is 20.8 Å². The molecule has 0 aliphatic rings. The molecule has 0 amide bonds. The van der Waals surface area contributed by atoms with Gasteiger partial charge in [-0.2, -0.15) is 13.2 Å². The van der Waals surface area contributed by atoms with Gasteiger partial charge < -0.3 is 19.8 Å². The van der Waals surface area contributed by atoms with Gasteiger partial charge in [-0.15, -0.1) is 0 Å². The van der Waals surface area contributed by atoms with Crippen LogP contribution in [0.3, 0.4) is 0 Å². The molecule has 2 unspecified atom stereocenters. The number of rotatable bonds is 13. The Morgan fingerprint density at radius 1 is 1.15 bits per heavy atom. The molecule has 0 fully saturated rings. The van der Waals surface area contributed by atoms with Crippen LogP contribution in [0.25, 0.3) is 11.2 Å². The van der Waals surface area contributed by atoms with E-state index >= 15 is 0 Å². The van der Waals surface area contributed by atoms with Crippen LogP contribution in [-0.4, -0.2) is 50.1 Å². The Morgan fingerprint density at radius 3 is 2.41 bits per heavy atom. The molecule has 0 aliphatic heterocycles. The number of nitrogens with one attached hydrogen (secondary N) is 2. The summed E-state index contributed by atoms with van der Waals surface area (Å²) < 4.78 is 65.6. The number of alkyl halides is 3. The maximum atomic E-state index is 14.0. The lowest BCUT2D eigenvalue weighted by molar-refractivity contribution is -0.149. The topological polar surface area (TPSA) is 146 Å². The molecule has 3 aromatic rings. The van der Waals surface area contributed by atoms with E-state index in [9.17, 15) is 22.5 Å². The summed E-state index contributed by atoms with van der Waals surface area (Å²) in [5.41, 5.74) is 5.12. The van der Waals surface area contributed by atoms with Crippen LogP contribution < -0.4 is 15.9 Å². The van der Waals surface area contributed by atoms with Crippen molar-refractivity contribution in [3.63, 3.8) is 0 Å². The number of nitrogens with zero attached hydrogens (tertiary/aromatic N) is 4. The van der Waals surface area contributed by atoms with E-state index in [0.717, 1.165) is 12.1 Å². The third kappa shape index (κ3) is 9.77. The van der Waals surface area contributed by atoms with Gasteiger partial charge in [0.05, 0.1) is 31.1 Å². The van der Waals surface area contributed by atoms with Crippen LogP contribution in [-0.2, 0) is 38.1 Å². The van der Waals surface area contributed by atoms with E-state index in [0.29, 0.717) is 29.7 Å². The highest BCUT2D eigenvalue weighted by molar-refractivity contribution is 7.59. The molecule has 11 nitrogen and oxygen atoms in total. The molecule has 0 saturated heterocycles. The van der Waals surface area contributed by atoms with E-state index in [1.54, 1.807) is 17.8 Å². The molecule has 2 atom stereocenters. The van der Waals surface area contributed by atoms with Crippen LogP contribution in [0, 0.1) is 0 Å². The molecular formula is C26H39F3N7O4P. The first-order valence-electron chi connectivity index (χ1n) is 13.2. The number of nitrogens with two attached hydrogens (primary N) is 1. The van der Waals surface area contributed by atoms with Crippen molar-refractivity contribution in [3.8, 4) is 0 Å². The molecule has 2 aromatic heterocycles. The van der Waals surface area contributed by atoms with Crippen molar-refractivity contribution in [2.75, 3.05) is 18.7 Å². The highest BCUT2D eigenvalue weighted by Crippen LogP contribution is 2.40. The zero-order chi connectivity index (χ0) is 30.8. The van der Waals surface area contributed by atoms with Gasteiger partial charge in [0.25, 0.3) is 0 Å². The fraction of sp³-hybridized carbons (Fsp3) is 0.538. The van der Waals surface area contributed by atoms with Crippen molar-refractivity contribution in [1.29, 1.82) is 0 Å². The number of halogens is 3. The number of fused-ring (bicyclic) bond motifs is 1. The van der Waals surface area contributed by atoms with E-state index in [2.05, 4.69) is 25.1 Å². The van der Waals surface area contributed by atoms with Gasteiger partial charge in [0.2, 0.25) is 7.44 Å². The quantitative estimate of drug-likeness (QED) is 0.178. The number of ether oxygens (including phenoxy) is 2. The number of benzene rings is 1. The van der Waals surface area contributed by atoms with Crippen LogP contribution in [0.1, 0.15) is 59.1 Å². The van der Waals surface area contributed by atoms with E-state index < -0.39 is 36.8 Å². The Balaban J connectivity index is 0.00000287. The Morgan fingerprint density at radius 2 is 1.80 bits per heavy atom. The standard InChI is InChI=1S/C24H33F3N7O4P.C2H6/c1-5-10-37-22(35)23(3,4)33-39(36,32-11-17-6-8-18(9-7-17)24(25,26)27)15-38-16(2)12-34-14-31-19-20(28)29-13-30-21(19)34;1-2/h6-9,13-14,16H,5,10-12,15H2,1-4H3,(H2,28,29,30)(H2,32,33,36);1-2H3. The predicted molar refractivity (Wildman–Crippen MR) is 151 cm³/mol. The van der Waals surface area contributed by atoms with E-state index in [-0.39, 0.29) is 25.3 Å². The minimum atomic E-state index is -4.46. The van der Waals surface area contributed by atoms with Crippen LogP contribution in [0.2, 0.25) is 0 Å². The van der Waals surface area contributed by atoms with E-state index in [1.165, 1.54) is 32.3 Å². The average Bonchev–Trinajstić information content (AvgIpc) is 3.34. The normalized spacial score (nSPS) is 14.2. The summed E-state index contributed by atoms with van der Waals surface area (Å²) in [6, 6.07) is 4.49. The van der Waals surface area contributed by atoms with Gasteiger partial charge >= 0.3 is 12.1 Å². The van der Waals surface area contributed by atoms with Gasteiger partial charge in [-0.05, 0) is 44.9 Å². The zero-order valence-corrected chi connectivity index (χ0v) is 25.1. The first kappa shape index (κ1) is 34.1. The Bertz CT molecular complexity index is 1320. The van der Waals surface area contributed by atoms with Crippen molar-refractivity contribution < 1.29 is 32.0 Å². The Hall–Kier alpha value is -3.06. The second kappa shape index (κ2) is 14.7. The highest BCUT2D eigenvalue weighted by atomic mass is 31.2. The number of carbonyl (C=O) groups is 1. The molecule has 4 N–H and O–H groups in total. The summed E-state index contributed by atoms with van der Waals surface area (Å²) in [6.07, 6.45) is -1.78. The van der Waals surface area contributed by atoms with Gasteiger partial charge in [-0.25, -0.2) is 25.1 Å². The Labute approximate surface area is 237 Å².